The zero-order chi connectivity index (χ0) is 10.9. The van der Waals surface area contributed by atoms with E-state index in [9.17, 15) is 10.1 Å². The molecule has 3 nitrogen and oxygen atoms in total. The molecule has 0 spiro atoms. The van der Waals surface area contributed by atoms with Crippen molar-refractivity contribution in [1.82, 2.24) is 0 Å². The van der Waals surface area contributed by atoms with Crippen LogP contribution in [0.25, 0.3) is 0 Å². The van der Waals surface area contributed by atoms with Crippen molar-refractivity contribution in [3.05, 3.63) is 39.4 Å². The molecule has 0 bridgehead atoms. The highest BCUT2D eigenvalue weighted by Gasteiger charge is 2.25. The molecule has 0 aliphatic heterocycles. The van der Waals surface area contributed by atoms with E-state index >= 15 is 0 Å². The Morgan fingerprint density at radius 2 is 1.93 bits per heavy atom. The van der Waals surface area contributed by atoms with Crippen molar-refractivity contribution < 1.29 is 4.92 Å². The van der Waals surface area contributed by atoms with Crippen LogP contribution in [-0.4, -0.2) is 4.92 Å². The van der Waals surface area contributed by atoms with Crippen LogP contribution in [0.2, 0.25) is 0 Å². The zero-order valence-corrected chi connectivity index (χ0v) is 9.40. The van der Waals surface area contributed by atoms with Gasteiger partial charge in [0, 0.05) is 17.2 Å². The Kier molecular flexibility index (Phi) is 3.24. The van der Waals surface area contributed by atoms with E-state index in [1.165, 1.54) is 6.07 Å². The van der Waals surface area contributed by atoms with Crippen molar-refractivity contribution in [2.75, 3.05) is 0 Å². The Balaban J connectivity index is 3.27. The largest absolute Gasteiger partial charge is 0.272 e. The Morgan fingerprint density at radius 3 is 2.36 bits per heavy atom. The van der Waals surface area contributed by atoms with E-state index in [4.69, 9.17) is 34.8 Å². The Labute approximate surface area is 95.7 Å². The first-order valence-electron chi connectivity index (χ1n) is 3.64. The number of hydrogen-bond donors (Lipinski definition) is 0. The molecule has 1 aromatic rings. The van der Waals surface area contributed by atoms with Gasteiger partial charge in [0.25, 0.3) is 5.69 Å². The maximum Gasteiger partial charge on any atom is 0.272 e. The second kappa shape index (κ2) is 3.93. The minimum absolute atomic E-state index is 0.0474. The topological polar surface area (TPSA) is 43.1 Å². The van der Waals surface area contributed by atoms with Gasteiger partial charge in [0.15, 0.2) is 0 Å². The second-order valence-electron chi connectivity index (χ2n) is 2.76. The first-order chi connectivity index (χ1) is 6.32. The Hall–Kier alpha value is -0.510. The minimum atomic E-state index is -1.63. The molecule has 0 aromatic heterocycles. The number of rotatable bonds is 1. The van der Waals surface area contributed by atoms with Crippen molar-refractivity contribution in [3.63, 3.8) is 0 Å². The van der Waals surface area contributed by atoms with E-state index in [1.54, 1.807) is 19.1 Å². The number of nitro groups is 1. The molecule has 0 atom stereocenters. The van der Waals surface area contributed by atoms with Crippen molar-refractivity contribution in [1.29, 1.82) is 0 Å². The van der Waals surface area contributed by atoms with Crippen LogP contribution in [-0.2, 0) is 3.79 Å². The summed E-state index contributed by atoms with van der Waals surface area (Å²) >= 11 is 16.8. The summed E-state index contributed by atoms with van der Waals surface area (Å²) in [6.45, 7) is 1.63. The van der Waals surface area contributed by atoms with Crippen molar-refractivity contribution in [2.45, 2.75) is 10.7 Å². The molecular formula is C8H6Cl3NO2. The molecule has 0 saturated carbocycles. The third-order valence-electron chi connectivity index (χ3n) is 1.73. The predicted octanol–water partition coefficient (Wildman–Crippen LogP) is 3.73. The fraction of sp³-hybridized carbons (Fsp3) is 0.250. The van der Waals surface area contributed by atoms with E-state index in [-0.39, 0.29) is 5.69 Å². The highest BCUT2D eigenvalue weighted by atomic mass is 35.6. The highest BCUT2D eigenvalue weighted by Crippen LogP contribution is 2.39. The van der Waals surface area contributed by atoms with Crippen LogP contribution >= 0.6 is 34.8 Å². The smallest absolute Gasteiger partial charge is 0.258 e. The molecule has 1 aromatic carbocycles. The van der Waals surface area contributed by atoms with Gasteiger partial charge in [0.1, 0.15) is 0 Å². The third kappa shape index (κ3) is 2.50. The van der Waals surface area contributed by atoms with Crippen LogP contribution in [0.3, 0.4) is 0 Å². The van der Waals surface area contributed by atoms with Crippen LogP contribution in [0, 0.1) is 17.0 Å². The van der Waals surface area contributed by atoms with E-state index < -0.39 is 8.72 Å². The number of aryl methyl sites for hydroxylation is 1. The third-order valence-corrected chi connectivity index (χ3v) is 2.39. The summed E-state index contributed by atoms with van der Waals surface area (Å²) in [5, 5.41) is 10.6. The molecule has 0 N–H and O–H groups in total. The maximum atomic E-state index is 10.6. The molecule has 0 amide bonds. The standard InChI is InChI=1S/C8H6Cl3NO2/c1-5-2-3-6(8(9,10)11)4-7(5)12(13)14/h2-4H,1H3. The van der Waals surface area contributed by atoms with Crippen molar-refractivity contribution in [3.8, 4) is 0 Å². The average molecular weight is 254 g/mol. The number of alkyl halides is 3. The van der Waals surface area contributed by atoms with Gasteiger partial charge in [0.2, 0.25) is 3.79 Å². The molecule has 6 heteroatoms. The van der Waals surface area contributed by atoms with E-state index in [1.807, 2.05) is 0 Å². The first-order valence-corrected chi connectivity index (χ1v) is 4.78. The number of hydrogen-bond acceptors (Lipinski definition) is 2. The zero-order valence-electron chi connectivity index (χ0n) is 7.13. The van der Waals surface area contributed by atoms with Crippen molar-refractivity contribution >= 4 is 40.5 Å². The number of halogens is 3. The highest BCUT2D eigenvalue weighted by molar-refractivity contribution is 6.66. The van der Waals surface area contributed by atoms with Crippen LogP contribution in [0.5, 0.6) is 0 Å². The predicted molar refractivity (Wildman–Crippen MR) is 57.1 cm³/mol. The fourth-order valence-corrected chi connectivity index (χ4v) is 1.34. The quantitative estimate of drug-likeness (QED) is 0.435. The summed E-state index contributed by atoms with van der Waals surface area (Å²) in [6, 6.07) is 4.37. The number of nitro benzene ring substituents is 1. The van der Waals surface area contributed by atoms with E-state index in [2.05, 4.69) is 0 Å². The lowest BCUT2D eigenvalue weighted by Crippen LogP contribution is -2.02. The molecule has 0 heterocycles. The molecular weight excluding hydrogens is 248 g/mol. The summed E-state index contributed by atoms with van der Waals surface area (Å²) in [7, 11) is 0. The molecule has 76 valence electrons. The van der Waals surface area contributed by atoms with Gasteiger partial charge in [-0.3, -0.25) is 10.1 Å². The molecule has 0 unspecified atom stereocenters. The van der Waals surface area contributed by atoms with Gasteiger partial charge < -0.3 is 0 Å². The normalized spacial score (nSPS) is 11.4. The van der Waals surface area contributed by atoms with Crippen LogP contribution < -0.4 is 0 Å². The van der Waals surface area contributed by atoms with Gasteiger partial charge in [-0.2, -0.15) is 0 Å². The van der Waals surface area contributed by atoms with Crippen LogP contribution in [0.15, 0.2) is 18.2 Å². The molecule has 0 aliphatic carbocycles. The van der Waals surface area contributed by atoms with Gasteiger partial charge in [0.05, 0.1) is 4.92 Å². The monoisotopic (exact) mass is 253 g/mol. The molecule has 0 saturated heterocycles. The summed E-state index contributed by atoms with van der Waals surface area (Å²) in [5.41, 5.74) is 0.779. The molecule has 1 rings (SSSR count). The summed E-state index contributed by atoms with van der Waals surface area (Å²) in [5.74, 6) is 0. The lowest BCUT2D eigenvalue weighted by atomic mass is 10.1. The van der Waals surface area contributed by atoms with E-state index in [0.717, 1.165) is 0 Å². The van der Waals surface area contributed by atoms with Crippen molar-refractivity contribution in [2.24, 2.45) is 0 Å². The van der Waals surface area contributed by atoms with Gasteiger partial charge in [-0.15, -0.1) is 0 Å². The lowest BCUT2D eigenvalue weighted by molar-refractivity contribution is -0.385. The first kappa shape index (κ1) is 11.6. The molecule has 0 radical (unpaired) electrons. The molecule has 0 aliphatic rings. The van der Waals surface area contributed by atoms with Crippen LogP contribution in [0.4, 0.5) is 5.69 Å². The SMILES string of the molecule is Cc1ccc(C(Cl)(Cl)Cl)cc1[N+](=O)[O-]. The minimum Gasteiger partial charge on any atom is -0.258 e. The summed E-state index contributed by atoms with van der Waals surface area (Å²) in [6.07, 6.45) is 0. The summed E-state index contributed by atoms with van der Waals surface area (Å²) < 4.78 is -1.63. The average Bonchev–Trinajstić information content (AvgIpc) is 2.02. The fourth-order valence-electron chi connectivity index (χ4n) is 0.982. The second-order valence-corrected chi connectivity index (χ2v) is 5.04. The lowest BCUT2D eigenvalue weighted by Gasteiger charge is -2.10. The number of nitrogens with zero attached hydrogens (tertiary/aromatic N) is 1. The Morgan fingerprint density at radius 1 is 1.36 bits per heavy atom. The van der Waals surface area contributed by atoms with Gasteiger partial charge >= 0.3 is 0 Å². The van der Waals surface area contributed by atoms with Gasteiger partial charge in [-0.1, -0.05) is 46.9 Å². The van der Waals surface area contributed by atoms with E-state index in [0.29, 0.717) is 11.1 Å². The van der Waals surface area contributed by atoms with Crippen LogP contribution in [0.1, 0.15) is 11.1 Å². The number of benzene rings is 1. The summed E-state index contributed by atoms with van der Waals surface area (Å²) in [4.78, 5) is 10.1. The maximum absolute atomic E-state index is 10.6. The molecule has 14 heavy (non-hydrogen) atoms. The Bertz CT molecular complexity index is 373. The van der Waals surface area contributed by atoms with Gasteiger partial charge in [-0.25, -0.2) is 0 Å². The van der Waals surface area contributed by atoms with Gasteiger partial charge in [-0.05, 0) is 6.92 Å². The molecule has 0 fully saturated rings.